The van der Waals surface area contributed by atoms with E-state index in [1.54, 1.807) is 0 Å². The number of hydrogen-bond donors (Lipinski definition) is 0. The molecule has 0 aliphatic heterocycles. The Labute approximate surface area is 652 Å². The van der Waals surface area contributed by atoms with E-state index in [9.17, 15) is 0 Å². The van der Waals surface area contributed by atoms with E-state index in [0.29, 0.717) is 66.5 Å². The monoisotopic (exact) mass is 1460 g/mol. The summed E-state index contributed by atoms with van der Waals surface area (Å²) in [7, 11) is -8.52. The van der Waals surface area contributed by atoms with Crippen molar-refractivity contribution in [3.63, 3.8) is 0 Å². The maximum absolute atomic E-state index is 4.09. The average molecular weight is 1470 g/mol. The van der Waals surface area contributed by atoms with Crippen LogP contribution in [0.25, 0.3) is 0 Å². The largest absolute Gasteiger partial charge is 0.146 e. The van der Waals surface area contributed by atoms with Gasteiger partial charge < -0.3 is 0 Å². The Morgan fingerprint density at radius 1 is 0.236 bits per heavy atom. The van der Waals surface area contributed by atoms with Gasteiger partial charge >= 0.3 is 0 Å². The van der Waals surface area contributed by atoms with Crippen molar-refractivity contribution >= 4 is 32.3 Å². The molecule has 4 heteroatoms. The lowest BCUT2D eigenvalue weighted by Crippen LogP contribution is -2.51. The lowest BCUT2D eigenvalue weighted by atomic mass is 9.41. The molecule has 0 heterocycles. The topological polar surface area (TPSA) is 0 Å². The van der Waals surface area contributed by atoms with Gasteiger partial charge in [-0.15, -0.1) is 22.2 Å². The van der Waals surface area contributed by atoms with E-state index in [4.69, 9.17) is 0 Å². The summed E-state index contributed by atoms with van der Waals surface area (Å²) < 4.78 is 0. The summed E-state index contributed by atoms with van der Waals surface area (Å²) >= 11 is 0. The zero-order chi connectivity index (χ0) is 78.8. The van der Waals surface area contributed by atoms with Gasteiger partial charge in [-0.2, -0.15) is 0 Å². The van der Waals surface area contributed by atoms with Crippen LogP contribution in [0, 0.1) is 115 Å². The highest BCUT2D eigenvalue weighted by atomic mass is 28.3. The van der Waals surface area contributed by atoms with Crippen molar-refractivity contribution in [2.45, 2.75) is 288 Å². The second-order valence-corrected chi connectivity index (χ2v) is 59.5. The van der Waals surface area contributed by atoms with Crippen LogP contribution in [-0.2, 0) is 0 Å². The second kappa shape index (κ2) is 32.7. The molecule has 0 amide bonds. The molecule has 0 saturated carbocycles. The Kier molecular flexibility index (Phi) is 25.9. The molecule has 4 aromatic rings. The van der Waals surface area contributed by atoms with E-state index in [-0.39, 0.29) is 10.8 Å². The van der Waals surface area contributed by atoms with Gasteiger partial charge in [0, 0.05) is 77.6 Å². The van der Waals surface area contributed by atoms with Gasteiger partial charge in [-0.3, -0.25) is 0 Å². The van der Waals surface area contributed by atoms with Crippen LogP contribution in [0.1, 0.15) is 266 Å². The highest BCUT2D eigenvalue weighted by Gasteiger charge is 2.62. The van der Waals surface area contributed by atoms with Crippen LogP contribution in [-0.4, -0.2) is 32.3 Å². The quantitative estimate of drug-likeness (QED) is 0.0980. The average Bonchev–Trinajstić information content (AvgIpc) is 0.660. The van der Waals surface area contributed by atoms with E-state index in [1.165, 1.54) is 11.1 Å². The highest BCUT2D eigenvalue weighted by molar-refractivity contribution is 6.92. The highest BCUT2D eigenvalue weighted by Crippen LogP contribution is 2.71. The number of hydrogen-bond acceptors (Lipinski definition) is 0. The molecule has 4 aromatic carbocycles. The van der Waals surface area contributed by atoms with Gasteiger partial charge in [0.05, 0.1) is 0 Å². The number of allylic oxidation sites excluding steroid dienone is 14. The fourth-order valence-electron chi connectivity index (χ4n) is 19.6. The van der Waals surface area contributed by atoms with Crippen molar-refractivity contribution in [3.05, 3.63) is 222 Å². The SMILES string of the molecule is CC(C)[Si](C#Cc1ccccc1C#CC1=C(C#Cc2ccccc2C#C[Si](C(C)C)(C(C)C)C(C)C)C2=CC(C(C)(C)C)=CC3=C(C#Cc4ccccc4C#C[Si](C(C)C)(C(C)C)C(C)C)C(C#Cc4ccccc4C#C[Si](C(C)C)(C(C)C)C(C)C)=C4C=C(C(C)(C)C)C=C1C4(C)C23C)(C(C)C)C(C)C. The lowest BCUT2D eigenvalue weighted by molar-refractivity contribution is 0.238. The molecule has 106 heavy (non-hydrogen) atoms. The van der Waals surface area contributed by atoms with Gasteiger partial charge in [0.1, 0.15) is 32.3 Å². The van der Waals surface area contributed by atoms with Crippen molar-refractivity contribution in [1.29, 1.82) is 0 Å². The normalized spacial score (nSPS) is 17.5. The minimum Gasteiger partial charge on any atom is -0.125 e. The molecule has 0 nitrogen and oxygen atoms in total. The van der Waals surface area contributed by atoms with Crippen molar-refractivity contribution in [1.82, 2.24) is 0 Å². The van der Waals surface area contributed by atoms with E-state index < -0.39 is 43.1 Å². The molecular formula is C102H128Si4. The van der Waals surface area contributed by atoms with Crippen molar-refractivity contribution in [2.75, 3.05) is 0 Å². The fraction of sp³-hybridized carbons (Fsp3) is 0.471. The van der Waals surface area contributed by atoms with E-state index in [1.807, 2.05) is 0 Å². The zero-order valence-electron chi connectivity index (χ0n) is 71.5. The standard InChI is InChI=1S/C102H128Si4/c1-69(2)103(70(3)4,71(5)6)61-57-85-45-37-33-41-81(85)49-53-91-92(54-50-82-42-34-38-46-86(82)58-62-104(72(7)8,73(9)10)74(11)12)96-66-90(100(28,29)30)68-98-94(56-52-84-44-36-40-48-88(84)60-64-106(78(19)20,79(21)22)80(23)24)93(97-67-89(99(25,26)27)65-95(91)101(97,31)102(96,98)32)55-51-83-43-35-39-47-87(83)59-63-105(75(13)14,76(15)16)77(17)18/h33-48,65-80H,1-32H3. The third-order valence-electron chi connectivity index (χ3n) is 25.8. The first-order valence-corrected chi connectivity index (χ1v) is 49.1. The molecular weight excluding hydrogens is 1340 g/mol. The van der Waals surface area contributed by atoms with Gasteiger partial charge in [-0.1, -0.05) is 365 Å². The van der Waals surface area contributed by atoms with Gasteiger partial charge in [0.25, 0.3) is 0 Å². The smallest absolute Gasteiger partial charge is 0.125 e. The van der Waals surface area contributed by atoms with Gasteiger partial charge in [0.15, 0.2) is 0 Å². The Morgan fingerprint density at radius 3 is 0.575 bits per heavy atom. The maximum atomic E-state index is 4.09. The van der Waals surface area contributed by atoms with Crippen LogP contribution in [0.3, 0.4) is 0 Å². The van der Waals surface area contributed by atoms with Crippen LogP contribution < -0.4 is 0 Å². The Hall–Kier alpha value is -7.59. The van der Waals surface area contributed by atoms with Crippen molar-refractivity contribution < 1.29 is 0 Å². The summed E-state index contributed by atoms with van der Waals surface area (Å²) in [5, 5.41) is 0. The maximum Gasteiger partial charge on any atom is 0.146 e. The molecule has 0 spiro atoms. The van der Waals surface area contributed by atoms with Crippen LogP contribution in [0.2, 0.25) is 66.5 Å². The fourth-order valence-corrected chi connectivity index (χ4v) is 40.5. The number of rotatable bonds is 12. The molecule has 8 rings (SSSR count). The lowest BCUT2D eigenvalue weighted by Gasteiger charge is -2.59. The zero-order valence-corrected chi connectivity index (χ0v) is 75.5. The molecule has 0 N–H and O–H groups in total. The summed E-state index contributed by atoms with van der Waals surface area (Å²) in [5.74, 6) is 47.5. The molecule has 2 unspecified atom stereocenters. The molecule has 0 bridgehead atoms. The van der Waals surface area contributed by atoms with Crippen molar-refractivity contribution in [2.24, 2.45) is 21.7 Å². The van der Waals surface area contributed by atoms with Crippen LogP contribution in [0.4, 0.5) is 0 Å². The van der Waals surface area contributed by atoms with E-state index in [2.05, 4.69) is 436 Å². The predicted octanol–water partition coefficient (Wildman–Crippen LogP) is 27.2. The summed E-state index contributed by atoms with van der Waals surface area (Å²) in [4.78, 5) is 0. The molecule has 0 saturated heterocycles. The first-order valence-electron chi connectivity index (χ1n) is 40.2. The Bertz CT molecular complexity index is 4450. The van der Waals surface area contributed by atoms with Crippen LogP contribution >= 0.6 is 0 Å². The van der Waals surface area contributed by atoms with Crippen LogP contribution in [0.5, 0.6) is 0 Å². The molecule has 0 fully saturated rings. The first-order chi connectivity index (χ1) is 49.5. The van der Waals surface area contributed by atoms with Gasteiger partial charge in [0.2, 0.25) is 0 Å². The predicted molar refractivity (Wildman–Crippen MR) is 474 cm³/mol. The third-order valence-corrected chi connectivity index (χ3v) is 50.9. The van der Waals surface area contributed by atoms with Crippen molar-refractivity contribution in [3.8, 4) is 93.2 Å². The third kappa shape index (κ3) is 15.6. The molecule has 552 valence electrons. The number of benzene rings is 4. The van der Waals surface area contributed by atoms with Gasteiger partial charge in [-0.25, -0.2) is 0 Å². The van der Waals surface area contributed by atoms with E-state index in [0.717, 1.165) is 89.1 Å². The summed E-state index contributed by atoms with van der Waals surface area (Å²) in [6.07, 6.45) is 9.98. The van der Waals surface area contributed by atoms with E-state index >= 15 is 0 Å². The minimum absolute atomic E-state index is 0.317. The Morgan fingerprint density at radius 2 is 0.406 bits per heavy atom. The van der Waals surface area contributed by atoms with Gasteiger partial charge in [-0.05, 0) is 159 Å². The summed E-state index contributed by atoms with van der Waals surface area (Å²) in [6, 6.07) is 34.4. The molecule has 0 aromatic heterocycles. The Balaban J connectivity index is 1.63. The molecule has 0 radical (unpaired) electrons. The molecule has 2 atom stereocenters. The first kappa shape index (κ1) is 84.0. The summed E-state index contributed by atoms with van der Waals surface area (Å²) in [6.45, 7) is 76.4. The minimum atomic E-state index is -2.13. The molecule has 4 aliphatic rings. The summed E-state index contributed by atoms with van der Waals surface area (Å²) in [5.41, 5.74) is 37.9. The van der Waals surface area contributed by atoms with Crippen LogP contribution in [0.15, 0.2) is 177 Å². The second-order valence-electron chi connectivity index (χ2n) is 37.2. The molecule has 4 aliphatic carbocycles.